The molecule has 4 heterocycles. The fourth-order valence-corrected chi connectivity index (χ4v) is 9.38. The highest BCUT2D eigenvalue weighted by Crippen LogP contribution is 2.71. The Morgan fingerprint density at radius 3 is 2.50 bits per heavy atom. The van der Waals surface area contributed by atoms with Gasteiger partial charge < -0.3 is 24.5 Å². The standard InChI is InChI=1S/C28H44N4O5S/c1-6-11-29(5)24(34)21-22-25(35)32(20(8-3)19-33)23(28(22)10-9-27(21,4)38-28)26(36)31(12-7-2)14-13-30-15-17-37-18-16-30/h6-7,20-23,33H,1-2,8-19H2,3-5H3/t20-,21+,22-,23?,27-,28?/m0/s1. The van der Waals surface area contributed by atoms with Crippen LogP contribution in [0.4, 0.5) is 0 Å². The van der Waals surface area contributed by atoms with E-state index in [1.165, 1.54) is 0 Å². The number of hydrogen-bond acceptors (Lipinski definition) is 7. The van der Waals surface area contributed by atoms with Crippen LogP contribution in [0.5, 0.6) is 0 Å². The molecule has 9 nitrogen and oxygen atoms in total. The minimum atomic E-state index is -0.726. The van der Waals surface area contributed by atoms with Crippen LogP contribution in [0.15, 0.2) is 25.3 Å². The number of aliphatic hydroxyl groups excluding tert-OH is 1. The number of ether oxygens (including phenoxy) is 1. The molecule has 1 spiro atoms. The Bertz CT molecular complexity index is 938. The van der Waals surface area contributed by atoms with Crippen molar-refractivity contribution in [2.75, 3.05) is 66.1 Å². The summed E-state index contributed by atoms with van der Waals surface area (Å²) in [5, 5.41) is 10.3. The van der Waals surface area contributed by atoms with E-state index in [4.69, 9.17) is 4.74 Å². The molecule has 212 valence electrons. The van der Waals surface area contributed by atoms with Gasteiger partial charge in [0.05, 0.1) is 42.4 Å². The SMILES string of the molecule is C=CCN(C)C(=O)[C@H]1[C@H]2C(=O)N([C@@H](CC)CO)C(C(=O)N(CC=C)CCN3CCOCC3)C23CC[C@]1(C)S3. The number of rotatable bonds is 12. The Morgan fingerprint density at radius 1 is 1.21 bits per heavy atom. The number of likely N-dealkylation sites (tertiary alicyclic amines) is 1. The summed E-state index contributed by atoms with van der Waals surface area (Å²) < 4.78 is 4.35. The molecule has 0 aromatic carbocycles. The van der Waals surface area contributed by atoms with Gasteiger partial charge in [0.1, 0.15) is 6.04 Å². The first-order valence-electron chi connectivity index (χ1n) is 13.9. The van der Waals surface area contributed by atoms with Gasteiger partial charge in [0.15, 0.2) is 0 Å². The average Bonchev–Trinajstić information content (AvgIpc) is 3.48. The zero-order valence-corrected chi connectivity index (χ0v) is 24.0. The number of aliphatic hydroxyl groups is 1. The van der Waals surface area contributed by atoms with Crippen LogP contribution >= 0.6 is 11.8 Å². The van der Waals surface area contributed by atoms with Gasteiger partial charge in [-0.15, -0.1) is 24.9 Å². The van der Waals surface area contributed by atoms with Gasteiger partial charge in [-0.2, -0.15) is 0 Å². The van der Waals surface area contributed by atoms with Crippen LogP contribution in [0, 0.1) is 11.8 Å². The fraction of sp³-hybridized carbons (Fsp3) is 0.750. The van der Waals surface area contributed by atoms with Crippen LogP contribution in [-0.2, 0) is 19.1 Å². The maximum absolute atomic E-state index is 14.5. The molecule has 10 heteroatoms. The predicted molar refractivity (Wildman–Crippen MR) is 149 cm³/mol. The third-order valence-corrected chi connectivity index (χ3v) is 11.0. The number of fused-ring (bicyclic) bond motifs is 1. The van der Waals surface area contributed by atoms with Gasteiger partial charge >= 0.3 is 0 Å². The number of nitrogens with zero attached hydrogens (tertiary/aromatic N) is 4. The minimum absolute atomic E-state index is 0.0693. The van der Waals surface area contributed by atoms with E-state index in [9.17, 15) is 19.5 Å². The summed E-state index contributed by atoms with van der Waals surface area (Å²) in [6.45, 7) is 16.5. The van der Waals surface area contributed by atoms with E-state index in [0.29, 0.717) is 45.7 Å². The molecule has 2 unspecified atom stereocenters. The molecule has 3 amide bonds. The largest absolute Gasteiger partial charge is 0.394 e. The maximum Gasteiger partial charge on any atom is 0.247 e. The summed E-state index contributed by atoms with van der Waals surface area (Å²) >= 11 is 1.67. The smallest absolute Gasteiger partial charge is 0.247 e. The lowest BCUT2D eigenvalue weighted by molar-refractivity contribution is -0.147. The average molecular weight is 549 g/mol. The summed E-state index contributed by atoms with van der Waals surface area (Å²) in [4.78, 5) is 49.9. The monoisotopic (exact) mass is 548 g/mol. The molecule has 1 N–H and O–H groups in total. The fourth-order valence-electron chi connectivity index (χ4n) is 7.05. The molecule has 0 aromatic heterocycles. The molecule has 0 saturated carbocycles. The first kappa shape index (κ1) is 29.1. The molecule has 4 fully saturated rings. The molecule has 4 aliphatic heterocycles. The Kier molecular flexibility index (Phi) is 8.96. The Hall–Kier alpha value is -1.88. The lowest BCUT2D eigenvalue weighted by Crippen LogP contribution is -2.58. The molecular formula is C28H44N4O5S. The number of carbonyl (C=O) groups is 3. The third kappa shape index (κ3) is 4.82. The summed E-state index contributed by atoms with van der Waals surface area (Å²) in [6.07, 6.45) is 5.41. The Balaban J connectivity index is 1.70. The van der Waals surface area contributed by atoms with E-state index in [1.54, 1.807) is 40.8 Å². The van der Waals surface area contributed by atoms with E-state index < -0.39 is 33.4 Å². The van der Waals surface area contributed by atoms with Crippen molar-refractivity contribution in [1.82, 2.24) is 19.6 Å². The quantitative estimate of drug-likeness (QED) is 0.367. The predicted octanol–water partition coefficient (Wildman–Crippen LogP) is 1.23. The lowest BCUT2D eigenvalue weighted by atomic mass is 9.66. The van der Waals surface area contributed by atoms with Gasteiger partial charge in [-0.3, -0.25) is 19.3 Å². The first-order valence-corrected chi connectivity index (χ1v) is 14.7. The summed E-state index contributed by atoms with van der Waals surface area (Å²) in [5.41, 5.74) is 0. The molecule has 38 heavy (non-hydrogen) atoms. The van der Waals surface area contributed by atoms with E-state index in [0.717, 1.165) is 26.1 Å². The number of hydrogen-bond donors (Lipinski definition) is 1. The van der Waals surface area contributed by atoms with E-state index in [2.05, 4.69) is 25.0 Å². The van der Waals surface area contributed by atoms with Crippen molar-refractivity contribution in [3.05, 3.63) is 25.3 Å². The number of carbonyl (C=O) groups excluding carboxylic acids is 3. The second-order valence-corrected chi connectivity index (χ2v) is 13.1. The van der Waals surface area contributed by atoms with Crippen LogP contribution < -0.4 is 0 Å². The zero-order valence-electron chi connectivity index (χ0n) is 23.1. The van der Waals surface area contributed by atoms with Crippen LogP contribution in [-0.4, -0.2) is 130 Å². The topological polar surface area (TPSA) is 93.6 Å². The maximum atomic E-state index is 14.5. The molecule has 0 radical (unpaired) electrons. The normalized spacial score (nSPS) is 33.2. The van der Waals surface area contributed by atoms with Crippen molar-refractivity contribution in [2.24, 2.45) is 11.8 Å². The molecule has 2 bridgehead atoms. The van der Waals surface area contributed by atoms with Crippen LogP contribution in [0.25, 0.3) is 0 Å². The van der Waals surface area contributed by atoms with Crippen LogP contribution in [0.3, 0.4) is 0 Å². The number of amides is 3. The van der Waals surface area contributed by atoms with Crippen LogP contribution in [0.1, 0.15) is 33.1 Å². The highest BCUT2D eigenvalue weighted by molar-refractivity contribution is 8.02. The van der Waals surface area contributed by atoms with Gasteiger partial charge in [0.2, 0.25) is 17.7 Å². The molecule has 4 aliphatic rings. The number of thioether (sulfide) groups is 1. The summed E-state index contributed by atoms with van der Waals surface area (Å²) in [7, 11) is 1.75. The molecular weight excluding hydrogens is 504 g/mol. The second kappa shape index (κ2) is 11.7. The zero-order chi connectivity index (χ0) is 27.7. The van der Waals surface area contributed by atoms with Gasteiger partial charge in [-0.25, -0.2) is 0 Å². The first-order chi connectivity index (χ1) is 18.2. The molecule has 0 aromatic rings. The second-order valence-electron chi connectivity index (χ2n) is 11.3. The molecule has 4 rings (SSSR count). The van der Waals surface area contributed by atoms with E-state index in [1.807, 2.05) is 11.8 Å². The molecule has 4 saturated heterocycles. The Morgan fingerprint density at radius 2 is 1.89 bits per heavy atom. The van der Waals surface area contributed by atoms with Crippen molar-refractivity contribution < 1.29 is 24.2 Å². The molecule has 0 aliphatic carbocycles. The van der Waals surface area contributed by atoms with E-state index >= 15 is 0 Å². The van der Waals surface area contributed by atoms with Crippen molar-refractivity contribution in [1.29, 1.82) is 0 Å². The van der Waals surface area contributed by atoms with Gasteiger partial charge in [-0.05, 0) is 26.2 Å². The van der Waals surface area contributed by atoms with Gasteiger partial charge in [0, 0.05) is 51.1 Å². The van der Waals surface area contributed by atoms with Crippen LogP contribution in [0.2, 0.25) is 0 Å². The minimum Gasteiger partial charge on any atom is -0.394 e. The van der Waals surface area contributed by atoms with Crippen molar-refractivity contribution in [2.45, 2.75) is 54.7 Å². The summed E-state index contributed by atoms with van der Waals surface area (Å²) in [5.74, 6) is -1.45. The molecule has 6 atom stereocenters. The lowest BCUT2D eigenvalue weighted by Gasteiger charge is -2.40. The van der Waals surface area contributed by atoms with Crippen molar-refractivity contribution in [3.8, 4) is 0 Å². The number of likely N-dealkylation sites (N-methyl/N-ethyl adjacent to an activating group) is 1. The van der Waals surface area contributed by atoms with Crippen molar-refractivity contribution >= 4 is 29.5 Å². The van der Waals surface area contributed by atoms with Gasteiger partial charge in [-0.1, -0.05) is 19.1 Å². The summed E-state index contributed by atoms with van der Waals surface area (Å²) in [6, 6.07) is -1.20. The third-order valence-electron chi connectivity index (χ3n) is 9.02. The van der Waals surface area contributed by atoms with E-state index in [-0.39, 0.29) is 24.3 Å². The highest BCUT2D eigenvalue weighted by atomic mass is 32.2. The van der Waals surface area contributed by atoms with Gasteiger partial charge in [0.25, 0.3) is 0 Å². The highest BCUT2D eigenvalue weighted by Gasteiger charge is 2.77. The Labute approximate surface area is 231 Å². The van der Waals surface area contributed by atoms with Crippen molar-refractivity contribution in [3.63, 3.8) is 0 Å². The number of morpholine rings is 1.